The first-order chi connectivity index (χ1) is 7.08. The molecule has 1 heterocycles. The van der Waals surface area contributed by atoms with E-state index in [0.29, 0.717) is 11.8 Å². The highest BCUT2D eigenvalue weighted by atomic mass is 79.9. The van der Waals surface area contributed by atoms with Crippen LogP contribution in [0, 0.1) is 5.92 Å². The van der Waals surface area contributed by atoms with Crippen LogP contribution in [0.4, 0.5) is 0 Å². The maximum atomic E-state index is 5.71. The van der Waals surface area contributed by atoms with E-state index in [-0.39, 0.29) is 0 Å². The summed E-state index contributed by atoms with van der Waals surface area (Å²) in [5.41, 5.74) is 1.78. The molecule has 2 nitrogen and oxygen atoms in total. The van der Waals surface area contributed by atoms with Crippen molar-refractivity contribution in [3.63, 3.8) is 0 Å². The lowest BCUT2D eigenvalue weighted by atomic mass is 9.98. The van der Waals surface area contributed by atoms with E-state index in [1.165, 1.54) is 0 Å². The van der Waals surface area contributed by atoms with Gasteiger partial charge in [0.05, 0.1) is 0 Å². The van der Waals surface area contributed by atoms with Crippen molar-refractivity contribution < 1.29 is 4.42 Å². The van der Waals surface area contributed by atoms with Crippen LogP contribution in [0.1, 0.15) is 32.6 Å². The summed E-state index contributed by atoms with van der Waals surface area (Å²) in [7, 11) is 0. The first-order valence-electron chi connectivity index (χ1n) is 5.14. The van der Waals surface area contributed by atoms with Crippen LogP contribution in [0.25, 0.3) is 11.1 Å². The number of nitrogens with zero attached hydrogens (tertiary/aromatic N) is 1. The fourth-order valence-corrected chi connectivity index (χ4v) is 1.75. The van der Waals surface area contributed by atoms with Gasteiger partial charge >= 0.3 is 0 Å². The van der Waals surface area contributed by atoms with Crippen LogP contribution in [0.15, 0.2) is 27.1 Å². The molecule has 0 N–H and O–H groups in total. The fraction of sp³-hybridized carbons (Fsp3) is 0.417. The summed E-state index contributed by atoms with van der Waals surface area (Å²) in [6.45, 7) is 6.50. The van der Waals surface area contributed by atoms with Crippen molar-refractivity contribution in [3.05, 3.63) is 28.6 Å². The highest BCUT2D eigenvalue weighted by Gasteiger charge is 2.16. The lowest BCUT2D eigenvalue weighted by Gasteiger charge is -2.09. The molecule has 0 bridgehead atoms. The lowest BCUT2D eigenvalue weighted by molar-refractivity contribution is 0.416. The minimum atomic E-state index is 0.358. The smallest absolute Gasteiger partial charge is 0.198 e. The standard InChI is InChI=1S/C12H14BrNO/c1-7(2)8(3)12-14-10-6-9(13)4-5-11(10)15-12/h4-8H,1-3H3. The van der Waals surface area contributed by atoms with Gasteiger partial charge in [0.1, 0.15) is 5.52 Å². The number of hydrogen-bond donors (Lipinski definition) is 0. The molecule has 80 valence electrons. The van der Waals surface area contributed by atoms with Crippen LogP contribution >= 0.6 is 15.9 Å². The Labute approximate surface area is 97.8 Å². The van der Waals surface area contributed by atoms with Crippen LogP contribution in [-0.4, -0.2) is 4.98 Å². The third kappa shape index (κ3) is 2.07. The summed E-state index contributed by atoms with van der Waals surface area (Å²) in [6.07, 6.45) is 0. The van der Waals surface area contributed by atoms with E-state index in [2.05, 4.69) is 41.7 Å². The maximum Gasteiger partial charge on any atom is 0.198 e. The monoisotopic (exact) mass is 267 g/mol. The largest absolute Gasteiger partial charge is 0.440 e. The number of aromatic nitrogens is 1. The van der Waals surface area contributed by atoms with E-state index in [9.17, 15) is 0 Å². The Hall–Kier alpha value is -0.830. The predicted molar refractivity (Wildman–Crippen MR) is 65.0 cm³/mol. The Morgan fingerprint density at radius 1 is 1.27 bits per heavy atom. The van der Waals surface area contributed by atoms with Crippen molar-refractivity contribution in [2.75, 3.05) is 0 Å². The molecule has 0 aliphatic rings. The molecule has 0 amide bonds. The summed E-state index contributed by atoms with van der Waals surface area (Å²) in [5, 5.41) is 0. The van der Waals surface area contributed by atoms with E-state index in [0.717, 1.165) is 21.5 Å². The molecule has 0 saturated carbocycles. The van der Waals surface area contributed by atoms with E-state index < -0.39 is 0 Å². The summed E-state index contributed by atoms with van der Waals surface area (Å²) < 4.78 is 6.75. The Balaban J connectivity index is 2.47. The van der Waals surface area contributed by atoms with Gasteiger partial charge in [-0.25, -0.2) is 4.98 Å². The normalized spacial score (nSPS) is 13.7. The second-order valence-electron chi connectivity index (χ2n) is 4.20. The zero-order valence-electron chi connectivity index (χ0n) is 9.12. The molecule has 0 fully saturated rings. The third-order valence-electron chi connectivity index (χ3n) is 2.76. The van der Waals surface area contributed by atoms with Gasteiger partial charge in [-0.15, -0.1) is 0 Å². The molecule has 0 aliphatic heterocycles. The van der Waals surface area contributed by atoms with Crippen LogP contribution in [0.5, 0.6) is 0 Å². The molecule has 1 aromatic carbocycles. The van der Waals surface area contributed by atoms with Crippen molar-refractivity contribution >= 4 is 27.0 Å². The number of benzene rings is 1. The minimum absolute atomic E-state index is 0.358. The average Bonchev–Trinajstić information content (AvgIpc) is 2.58. The van der Waals surface area contributed by atoms with Crippen LogP contribution < -0.4 is 0 Å². The quantitative estimate of drug-likeness (QED) is 0.809. The molecular formula is C12H14BrNO. The van der Waals surface area contributed by atoms with Gasteiger partial charge < -0.3 is 4.42 Å². The third-order valence-corrected chi connectivity index (χ3v) is 3.25. The van der Waals surface area contributed by atoms with Gasteiger partial charge in [-0.3, -0.25) is 0 Å². The summed E-state index contributed by atoms with van der Waals surface area (Å²) in [5.74, 6) is 1.73. The molecule has 1 aromatic heterocycles. The average molecular weight is 268 g/mol. The number of hydrogen-bond acceptors (Lipinski definition) is 2. The van der Waals surface area contributed by atoms with Crippen molar-refractivity contribution in [3.8, 4) is 0 Å². The van der Waals surface area contributed by atoms with Gasteiger partial charge in [0.15, 0.2) is 11.5 Å². The minimum Gasteiger partial charge on any atom is -0.440 e. The van der Waals surface area contributed by atoms with Gasteiger partial charge in [0.2, 0.25) is 0 Å². The topological polar surface area (TPSA) is 26.0 Å². The predicted octanol–water partition coefficient (Wildman–Crippen LogP) is 4.35. The fourth-order valence-electron chi connectivity index (χ4n) is 1.40. The summed E-state index contributed by atoms with van der Waals surface area (Å²) in [4.78, 5) is 4.50. The van der Waals surface area contributed by atoms with Gasteiger partial charge in [-0.05, 0) is 24.1 Å². The molecule has 15 heavy (non-hydrogen) atoms. The highest BCUT2D eigenvalue weighted by molar-refractivity contribution is 9.10. The van der Waals surface area contributed by atoms with E-state index in [1.54, 1.807) is 0 Å². The molecule has 0 radical (unpaired) electrons. The number of fused-ring (bicyclic) bond motifs is 1. The van der Waals surface area contributed by atoms with Crippen LogP contribution in [-0.2, 0) is 0 Å². The molecule has 3 heteroatoms. The number of halogens is 1. The first kappa shape index (κ1) is 10.7. The van der Waals surface area contributed by atoms with Crippen LogP contribution in [0.3, 0.4) is 0 Å². The van der Waals surface area contributed by atoms with Crippen LogP contribution in [0.2, 0.25) is 0 Å². The van der Waals surface area contributed by atoms with Gasteiger partial charge in [-0.2, -0.15) is 0 Å². The van der Waals surface area contributed by atoms with Gasteiger partial charge in [0, 0.05) is 10.4 Å². The summed E-state index contributed by atoms with van der Waals surface area (Å²) in [6, 6.07) is 5.90. The van der Waals surface area contributed by atoms with Crippen molar-refractivity contribution in [2.45, 2.75) is 26.7 Å². The lowest BCUT2D eigenvalue weighted by Crippen LogP contribution is -2.01. The summed E-state index contributed by atoms with van der Waals surface area (Å²) >= 11 is 3.43. The van der Waals surface area contributed by atoms with E-state index in [4.69, 9.17) is 4.42 Å². The SMILES string of the molecule is CC(C)C(C)c1nc2cc(Br)ccc2o1. The maximum absolute atomic E-state index is 5.71. The number of rotatable bonds is 2. The zero-order valence-corrected chi connectivity index (χ0v) is 10.7. The molecule has 0 spiro atoms. The second-order valence-corrected chi connectivity index (χ2v) is 5.11. The van der Waals surface area contributed by atoms with Gasteiger partial charge in [0.25, 0.3) is 0 Å². The Morgan fingerprint density at radius 2 is 2.00 bits per heavy atom. The van der Waals surface area contributed by atoms with Crippen molar-refractivity contribution in [1.82, 2.24) is 4.98 Å². The first-order valence-corrected chi connectivity index (χ1v) is 5.93. The zero-order chi connectivity index (χ0) is 11.0. The molecule has 2 aromatic rings. The molecule has 1 atom stereocenters. The molecular weight excluding hydrogens is 254 g/mol. The van der Waals surface area contributed by atoms with E-state index in [1.807, 2.05) is 18.2 Å². The molecule has 0 aliphatic carbocycles. The van der Waals surface area contributed by atoms with Crippen molar-refractivity contribution in [1.29, 1.82) is 0 Å². The molecule has 2 rings (SSSR count). The second kappa shape index (κ2) is 3.97. The Kier molecular flexibility index (Phi) is 2.83. The van der Waals surface area contributed by atoms with Crippen molar-refractivity contribution in [2.24, 2.45) is 5.92 Å². The van der Waals surface area contributed by atoms with E-state index >= 15 is 0 Å². The Morgan fingerprint density at radius 3 is 2.67 bits per heavy atom. The molecule has 0 saturated heterocycles. The number of oxazole rings is 1. The Bertz CT molecular complexity index is 475. The molecule has 1 unspecified atom stereocenters. The van der Waals surface area contributed by atoms with Gasteiger partial charge in [-0.1, -0.05) is 36.7 Å². The highest BCUT2D eigenvalue weighted by Crippen LogP contribution is 2.27.